The number of anilines is 3. The number of carbonyl (C=O) groups excluding carboxylic acids is 3. The van der Waals surface area contributed by atoms with Crippen molar-refractivity contribution < 1.29 is 43.2 Å². The van der Waals surface area contributed by atoms with Crippen LogP contribution in [0.5, 0.6) is 5.75 Å². The summed E-state index contributed by atoms with van der Waals surface area (Å²) in [5, 5.41) is 15.5. The normalized spacial score (nSPS) is 29.7. The number of allylic oxidation sites excluding steroid dienone is 3. The zero-order valence-corrected chi connectivity index (χ0v) is 33.3. The second-order valence-electron chi connectivity index (χ2n) is 14.3. The summed E-state index contributed by atoms with van der Waals surface area (Å²) in [7, 11) is 4.57. The zero-order chi connectivity index (χ0) is 40.2. The van der Waals surface area contributed by atoms with Gasteiger partial charge in [-0.05, 0) is 68.3 Å². The molecule has 4 heterocycles. The molecule has 7 atom stereocenters. The highest BCUT2D eigenvalue weighted by Crippen LogP contribution is 2.50. The van der Waals surface area contributed by atoms with Crippen molar-refractivity contribution in [1.82, 2.24) is 4.98 Å². The van der Waals surface area contributed by atoms with Gasteiger partial charge in [0.2, 0.25) is 5.91 Å². The van der Waals surface area contributed by atoms with Crippen molar-refractivity contribution in [3.63, 3.8) is 0 Å². The van der Waals surface area contributed by atoms with Gasteiger partial charge in [0.15, 0.2) is 0 Å². The third-order valence-electron chi connectivity index (χ3n) is 10.4. The van der Waals surface area contributed by atoms with Crippen LogP contribution in [0, 0.1) is 5.92 Å². The van der Waals surface area contributed by atoms with E-state index in [0.717, 1.165) is 16.5 Å². The van der Waals surface area contributed by atoms with Crippen molar-refractivity contribution in [3.05, 3.63) is 76.9 Å². The molecular weight excluding hydrogens is 728 g/mol. The molecule has 6 rings (SSSR count). The molecule has 2 fully saturated rings. The van der Waals surface area contributed by atoms with E-state index < -0.39 is 59.5 Å². The number of aliphatic hydroxyl groups is 1. The minimum atomic E-state index is -1.57. The van der Waals surface area contributed by atoms with E-state index in [0.29, 0.717) is 29.1 Å². The predicted molar refractivity (Wildman–Crippen MR) is 211 cm³/mol. The Balaban J connectivity index is 0.00000285. The molecule has 0 saturated carbocycles. The summed E-state index contributed by atoms with van der Waals surface area (Å²) in [6.07, 6.45) is 1.20. The van der Waals surface area contributed by atoms with Crippen LogP contribution in [-0.4, -0.2) is 84.9 Å². The average molecular weight is 779 g/mol. The lowest BCUT2D eigenvalue weighted by molar-refractivity contribution is -0.187. The van der Waals surface area contributed by atoms with E-state index in [4.69, 9.17) is 41.0 Å². The number of methoxy groups -OCH3 is 2. The van der Waals surface area contributed by atoms with Gasteiger partial charge in [-0.25, -0.2) is 9.78 Å². The molecule has 296 valence electrons. The first-order chi connectivity index (χ1) is 26.1. The van der Waals surface area contributed by atoms with Crippen molar-refractivity contribution in [1.29, 1.82) is 0 Å². The number of benzene rings is 2. The molecule has 2 aromatic carbocycles. The molecule has 14 heteroatoms. The maximum Gasteiger partial charge on any atom is 0.413 e. The topological polar surface area (TPSA) is 175 Å². The van der Waals surface area contributed by atoms with Crippen LogP contribution in [0.25, 0.3) is 10.9 Å². The quantitative estimate of drug-likeness (QED) is 0.145. The molecule has 4 N–H and O–H groups in total. The molecule has 13 nitrogen and oxygen atoms in total. The Bertz CT molecular complexity index is 1990. The van der Waals surface area contributed by atoms with Gasteiger partial charge in [0.25, 0.3) is 0 Å². The SMILES string of the molecule is CC.COc1cc2cc(c1Cl)N(C)C(=O)C[C@H](OC(=O)Nc1ccc3cc(N)ccc3n1)[C@]1(C)O[C@H]1[C@H](C)[C@@H]1C[C@@](O)(CC(=O)O1)[C@H](OC)/C=C/C=C(\C)C2. The number of nitrogen functional groups attached to an aromatic ring is 1. The molecule has 1 aromatic heterocycles. The number of amides is 2. The predicted octanol–water partition coefficient (Wildman–Crippen LogP) is 6.78. The van der Waals surface area contributed by atoms with Gasteiger partial charge in [-0.3, -0.25) is 14.9 Å². The van der Waals surface area contributed by atoms with Crippen molar-refractivity contribution in [2.24, 2.45) is 5.92 Å². The number of epoxide rings is 1. The van der Waals surface area contributed by atoms with E-state index >= 15 is 0 Å². The summed E-state index contributed by atoms with van der Waals surface area (Å²) in [5.74, 6) is -0.855. The summed E-state index contributed by atoms with van der Waals surface area (Å²) in [5.41, 5.74) is 6.53. The minimum Gasteiger partial charge on any atom is -0.495 e. The standard InChI is InChI=1S/C39H45ClN4O9.C2H6/c1-21-8-7-9-30(50-6)39(48)19-29(51-34(46)20-39)22(2)36-38(3,53-36)31(18-33(45)44(4)27-15-23(14-21)16-28(49-5)35(27)40)52-37(47)43-32-13-10-24-17-25(41)11-12-26(24)42-32;1-2/h7-13,15-17,22,29-31,36,48H,14,18-20,41H2,1-6H3,(H,42,43,47);1-2H3/b9-7+,21-8+;/t22-,29+,30-,31+,36+,38+,39-;/m1./s1. The second kappa shape index (κ2) is 17.0. The first kappa shape index (κ1) is 41.5. The zero-order valence-electron chi connectivity index (χ0n) is 32.6. The number of fused-ring (bicyclic) bond motifs is 6. The molecule has 2 saturated heterocycles. The molecule has 0 unspecified atom stereocenters. The van der Waals surface area contributed by atoms with Gasteiger partial charge in [-0.1, -0.05) is 56.2 Å². The Labute approximate surface area is 326 Å². The highest BCUT2D eigenvalue weighted by atomic mass is 35.5. The van der Waals surface area contributed by atoms with Gasteiger partial charge in [0.05, 0.1) is 37.3 Å². The number of nitrogens with one attached hydrogen (secondary N) is 1. The molecule has 3 aliphatic rings. The monoisotopic (exact) mass is 778 g/mol. The van der Waals surface area contributed by atoms with Gasteiger partial charge < -0.3 is 39.4 Å². The molecule has 0 radical (unpaired) electrons. The number of nitrogens with two attached hydrogens (primary N) is 1. The maximum absolute atomic E-state index is 14.1. The van der Waals surface area contributed by atoms with Gasteiger partial charge in [-0.2, -0.15) is 0 Å². The van der Waals surface area contributed by atoms with Crippen LogP contribution in [0.15, 0.2) is 66.3 Å². The Morgan fingerprint density at radius 1 is 1.15 bits per heavy atom. The second-order valence-corrected chi connectivity index (χ2v) is 14.7. The number of hydrogen-bond acceptors (Lipinski definition) is 11. The van der Waals surface area contributed by atoms with Gasteiger partial charge >= 0.3 is 12.1 Å². The molecule has 55 heavy (non-hydrogen) atoms. The van der Waals surface area contributed by atoms with Crippen LogP contribution in [0.3, 0.4) is 0 Å². The Hall–Kier alpha value is -4.69. The van der Waals surface area contributed by atoms with Gasteiger partial charge in [0.1, 0.15) is 46.1 Å². The maximum atomic E-state index is 14.1. The van der Waals surface area contributed by atoms with Crippen LogP contribution in [0.4, 0.5) is 22.0 Å². The first-order valence-electron chi connectivity index (χ1n) is 18.4. The lowest BCUT2D eigenvalue weighted by Gasteiger charge is -2.41. The van der Waals surface area contributed by atoms with Gasteiger partial charge in [-0.15, -0.1) is 0 Å². The largest absolute Gasteiger partial charge is 0.495 e. The fourth-order valence-electron chi connectivity index (χ4n) is 7.34. The number of nitrogens with zero attached hydrogens (tertiary/aromatic N) is 2. The highest BCUT2D eigenvalue weighted by molar-refractivity contribution is 6.35. The number of esters is 1. The Kier molecular flexibility index (Phi) is 12.8. The lowest BCUT2D eigenvalue weighted by Crippen LogP contribution is -2.53. The smallest absolute Gasteiger partial charge is 0.413 e. The van der Waals surface area contributed by atoms with E-state index in [1.807, 2.05) is 39.8 Å². The van der Waals surface area contributed by atoms with E-state index in [2.05, 4.69) is 10.3 Å². The average Bonchev–Trinajstić information content (AvgIpc) is 3.85. The van der Waals surface area contributed by atoms with Crippen molar-refractivity contribution in [3.8, 4) is 5.75 Å². The number of hydrogen-bond donors (Lipinski definition) is 3. The lowest BCUT2D eigenvalue weighted by atomic mass is 9.78. The van der Waals surface area contributed by atoms with Crippen LogP contribution in [-0.2, 0) is 35.0 Å². The summed E-state index contributed by atoms with van der Waals surface area (Å²) in [6.45, 7) is 9.52. The minimum absolute atomic E-state index is 0.0679. The molecule has 0 aliphatic carbocycles. The van der Waals surface area contributed by atoms with Gasteiger partial charge in [0, 0.05) is 37.6 Å². The number of aromatic nitrogens is 1. The fourth-order valence-corrected chi connectivity index (χ4v) is 7.65. The van der Waals surface area contributed by atoms with E-state index in [9.17, 15) is 19.5 Å². The third-order valence-corrected chi connectivity index (χ3v) is 10.8. The molecule has 4 bridgehead atoms. The number of rotatable bonds is 4. The molecule has 3 aromatic rings. The summed E-state index contributed by atoms with van der Waals surface area (Å²) in [4.78, 5) is 46.5. The summed E-state index contributed by atoms with van der Waals surface area (Å²) in [6, 6.07) is 12.2. The number of ether oxygens (including phenoxy) is 5. The molecule has 3 aliphatic heterocycles. The van der Waals surface area contributed by atoms with Crippen LogP contribution in [0.2, 0.25) is 5.02 Å². The van der Waals surface area contributed by atoms with Crippen LogP contribution in [0.1, 0.15) is 59.4 Å². The van der Waals surface area contributed by atoms with E-state index in [1.54, 1.807) is 62.5 Å². The first-order valence-corrected chi connectivity index (χ1v) is 18.7. The molecular formula is C41H51ClN4O9. The van der Waals surface area contributed by atoms with Crippen molar-refractivity contribution in [2.45, 2.75) is 95.9 Å². The Morgan fingerprint density at radius 2 is 1.89 bits per heavy atom. The highest BCUT2D eigenvalue weighted by Gasteiger charge is 2.64. The molecule has 2 amide bonds. The van der Waals surface area contributed by atoms with Crippen LogP contribution >= 0.6 is 11.6 Å². The van der Waals surface area contributed by atoms with Crippen molar-refractivity contribution in [2.75, 3.05) is 37.2 Å². The Morgan fingerprint density at radius 3 is 2.60 bits per heavy atom. The summed E-state index contributed by atoms with van der Waals surface area (Å²) >= 11 is 6.76. The number of halogens is 1. The third kappa shape index (κ3) is 9.07. The number of pyridine rings is 1. The van der Waals surface area contributed by atoms with E-state index in [1.165, 1.54) is 19.1 Å². The fraction of sp³-hybridized carbons (Fsp3) is 0.463. The summed E-state index contributed by atoms with van der Waals surface area (Å²) < 4.78 is 29.3. The molecule has 0 spiro atoms. The van der Waals surface area contributed by atoms with Crippen molar-refractivity contribution >= 4 is 57.7 Å². The number of carbonyl (C=O) groups is 3. The van der Waals surface area contributed by atoms with Crippen LogP contribution < -0.4 is 20.7 Å². The van der Waals surface area contributed by atoms with E-state index in [-0.39, 0.29) is 30.1 Å².